The number of thiophene rings is 1. The molecule has 2 aromatic carbocycles. The largest absolute Gasteiger partial charge is 0.463 e. The van der Waals surface area contributed by atoms with Crippen molar-refractivity contribution in [3.05, 3.63) is 118 Å². The summed E-state index contributed by atoms with van der Waals surface area (Å²) < 4.78 is 7.53. The zero-order chi connectivity index (χ0) is 23.7. The van der Waals surface area contributed by atoms with E-state index in [-0.39, 0.29) is 12.2 Å². The first kappa shape index (κ1) is 22.5. The summed E-state index contributed by atoms with van der Waals surface area (Å²) >= 11 is 9.10. The normalized spacial score (nSPS) is 15.7. The first-order chi connectivity index (χ1) is 16.6. The number of carbonyl (C=O) groups is 1. The average molecular weight is 507 g/mol. The van der Waals surface area contributed by atoms with Crippen LogP contribution in [0, 0.1) is 0 Å². The lowest BCUT2D eigenvalue weighted by Crippen LogP contribution is -2.39. The van der Waals surface area contributed by atoms with Crippen molar-refractivity contribution in [2.75, 3.05) is 6.61 Å². The highest BCUT2D eigenvalue weighted by atomic mass is 35.5. The lowest BCUT2D eigenvalue weighted by Gasteiger charge is -2.24. The molecule has 1 aliphatic rings. The Bertz CT molecular complexity index is 1570. The summed E-state index contributed by atoms with van der Waals surface area (Å²) in [7, 11) is 0. The summed E-state index contributed by atoms with van der Waals surface area (Å²) in [5.74, 6) is -0.483. The summed E-state index contributed by atoms with van der Waals surface area (Å²) in [4.78, 5) is 33.1. The minimum Gasteiger partial charge on any atom is -0.463 e. The fraction of sp³-hybridized carbons (Fsp3) is 0.115. The molecule has 0 bridgehead atoms. The number of benzene rings is 2. The number of hydrogen-bond donors (Lipinski definition) is 0. The Hall–Kier alpha value is -3.26. The van der Waals surface area contributed by atoms with Gasteiger partial charge in [-0.05, 0) is 36.1 Å². The Morgan fingerprint density at radius 3 is 2.59 bits per heavy atom. The van der Waals surface area contributed by atoms with Gasteiger partial charge in [-0.2, -0.15) is 0 Å². The van der Waals surface area contributed by atoms with E-state index in [2.05, 4.69) is 0 Å². The van der Waals surface area contributed by atoms with Crippen molar-refractivity contribution in [1.82, 2.24) is 4.57 Å². The van der Waals surface area contributed by atoms with Crippen molar-refractivity contribution in [2.45, 2.75) is 13.0 Å². The van der Waals surface area contributed by atoms with Crippen LogP contribution in [-0.4, -0.2) is 17.1 Å². The Labute approximate surface area is 208 Å². The van der Waals surface area contributed by atoms with E-state index < -0.39 is 12.0 Å². The molecule has 1 atom stereocenters. The molecule has 0 saturated carbocycles. The van der Waals surface area contributed by atoms with Crippen LogP contribution in [0.2, 0.25) is 5.02 Å². The van der Waals surface area contributed by atoms with Crippen LogP contribution in [0.25, 0.3) is 11.8 Å². The average Bonchev–Trinajstić information content (AvgIpc) is 3.49. The lowest BCUT2D eigenvalue weighted by molar-refractivity contribution is -0.138. The molecule has 1 aliphatic heterocycles. The highest BCUT2D eigenvalue weighted by molar-refractivity contribution is 7.10. The number of ether oxygens (including phenoxy) is 1. The molecule has 0 unspecified atom stereocenters. The predicted octanol–water partition coefficient (Wildman–Crippen LogP) is 4.65. The van der Waals surface area contributed by atoms with Gasteiger partial charge in [0, 0.05) is 15.5 Å². The molecule has 0 radical (unpaired) electrons. The number of nitrogens with zero attached hydrogens (tertiary/aromatic N) is 2. The molecule has 0 spiro atoms. The van der Waals surface area contributed by atoms with E-state index in [1.807, 2.05) is 66.0 Å². The zero-order valence-corrected chi connectivity index (χ0v) is 20.5. The Kier molecular flexibility index (Phi) is 6.32. The van der Waals surface area contributed by atoms with Gasteiger partial charge in [-0.25, -0.2) is 9.79 Å². The van der Waals surface area contributed by atoms with E-state index in [4.69, 9.17) is 21.3 Å². The van der Waals surface area contributed by atoms with Gasteiger partial charge >= 0.3 is 5.97 Å². The third-order valence-corrected chi connectivity index (χ3v) is 7.63. The van der Waals surface area contributed by atoms with Gasteiger partial charge in [0.2, 0.25) is 0 Å². The second kappa shape index (κ2) is 9.54. The molecule has 170 valence electrons. The van der Waals surface area contributed by atoms with Crippen molar-refractivity contribution in [3.8, 4) is 0 Å². The first-order valence-electron chi connectivity index (χ1n) is 10.6. The third kappa shape index (κ3) is 4.07. The Morgan fingerprint density at radius 2 is 1.88 bits per heavy atom. The minimum absolute atomic E-state index is 0.221. The van der Waals surface area contributed by atoms with Gasteiger partial charge in [-0.1, -0.05) is 77.5 Å². The number of halogens is 1. The fourth-order valence-electron chi connectivity index (χ4n) is 3.89. The maximum atomic E-state index is 13.7. The van der Waals surface area contributed by atoms with Crippen LogP contribution in [0.5, 0.6) is 0 Å². The smallest absolute Gasteiger partial charge is 0.338 e. The molecular weight excluding hydrogens is 488 g/mol. The molecule has 3 heterocycles. The van der Waals surface area contributed by atoms with Gasteiger partial charge in [0.25, 0.3) is 5.56 Å². The van der Waals surface area contributed by atoms with E-state index in [1.165, 1.54) is 22.7 Å². The van der Waals surface area contributed by atoms with Gasteiger partial charge in [-0.15, -0.1) is 11.3 Å². The summed E-state index contributed by atoms with van der Waals surface area (Å²) in [6, 6.07) is 20.1. The molecule has 0 N–H and O–H groups in total. The number of thiazole rings is 1. The second-order valence-electron chi connectivity index (χ2n) is 7.47. The molecule has 0 fully saturated rings. The van der Waals surface area contributed by atoms with Crippen LogP contribution >= 0.6 is 34.3 Å². The molecule has 0 aliphatic carbocycles. The number of rotatable bonds is 5. The maximum Gasteiger partial charge on any atom is 0.338 e. The van der Waals surface area contributed by atoms with Gasteiger partial charge < -0.3 is 4.74 Å². The molecule has 2 aromatic heterocycles. The second-order valence-corrected chi connectivity index (χ2v) is 9.86. The quantitative estimate of drug-likeness (QED) is 0.370. The molecule has 4 aromatic rings. The van der Waals surface area contributed by atoms with E-state index in [0.717, 1.165) is 16.0 Å². The monoisotopic (exact) mass is 506 g/mol. The lowest BCUT2D eigenvalue weighted by atomic mass is 9.97. The Morgan fingerprint density at radius 1 is 1.12 bits per heavy atom. The highest BCUT2D eigenvalue weighted by Gasteiger charge is 2.35. The van der Waals surface area contributed by atoms with Gasteiger partial charge in [-0.3, -0.25) is 9.36 Å². The summed E-state index contributed by atoms with van der Waals surface area (Å²) in [6.07, 6.45) is 1.77. The maximum absolute atomic E-state index is 13.7. The van der Waals surface area contributed by atoms with E-state index in [1.54, 1.807) is 23.6 Å². The number of fused-ring (bicyclic) bond motifs is 1. The third-order valence-electron chi connectivity index (χ3n) is 5.38. The zero-order valence-electron chi connectivity index (χ0n) is 18.1. The van der Waals surface area contributed by atoms with Crippen LogP contribution in [0.1, 0.15) is 29.0 Å². The van der Waals surface area contributed by atoms with Crippen LogP contribution < -0.4 is 14.9 Å². The van der Waals surface area contributed by atoms with Gasteiger partial charge in [0.15, 0.2) is 4.80 Å². The number of hydrogen-bond acceptors (Lipinski definition) is 6. The summed E-state index contributed by atoms with van der Waals surface area (Å²) in [5.41, 5.74) is 2.18. The van der Waals surface area contributed by atoms with Crippen molar-refractivity contribution in [1.29, 1.82) is 0 Å². The molecular formula is C26H19ClN2O3S2. The van der Waals surface area contributed by atoms with Crippen LogP contribution in [-0.2, 0) is 9.53 Å². The fourth-order valence-corrected chi connectivity index (χ4v) is 5.90. The minimum atomic E-state index is -0.640. The molecule has 34 heavy (non-hydrogen) atoms. The molecule has 0 amide bonds. The topological polar surface area (TPSA) is 60.7 Å². The van der Waals surface area contributed by atoms with Crippen LogP contribution in [0.15, 0.2) is 87.5 Å². The number of aromatic nitrogens is 1. The van der Waals surface area contributed by atoms with Crippen LogP contribution in [0.3, 0.4) is 0 Å². The van der Waals surface area contributed by atoms with E-state index >= 15 is 0 Å². The van der Waals surface area contributed by atoms with E-state index in [9.17, 15) is 9.59 Å². The molecule has 5 nitrogen and oxygen atoms in total. The van der Waals surface area contributed by atoms with Crippen molar-refractivity contribution >= 4 is 52.0 Å². The SMILES string of the molecule is CCOC(=O)C1=C(c2ccccc2)N=c2s/c(=C\c3ccccc3Cl)c(=O)n2[C@@H]1c1cccs1. The van der Waals surface area contributed by atoms with E-state index in [0.29, 0.717) is 25.6 Å². The number of esters is 1. The standard InChI is InChI=1S/C26H19ClN2O3S2/c1-2-32-25(31)21-22(16-9-4-3-5-10-16)28-26-29(23(21)19-13-8-14-33-19)24(30)20(34-26)15-17-11-6-7-12-18(17)27/h3-15,23H,2H2,1H3/b20-15-/t23-/m1/s1. The summed E-state index contributed by atoms with van der Waals surface area (Å²) in [5, 5.41) is 2.49. The first-order valence-corrected chi connectivity index (χ1v) is 12.7. The van der Waals surface area contributed by atoms with Crippen molar-refractivity contribution in [2.24, 2.45) is 4.99 Å². The summed E-state index contributed by atoms with van der Waals surface area (Å²) in [6.45, 7) is 1.98. The van der Waals surface area contributed by atoms with Crippen molar-refractivity contribution < 1.29 is 9.53 Å². The van der Waals surface area contributed by atoms with Crippen molar-refractivity contribution in [3.63, 3.8) is 0 Å². The van der Waals surface area contributed by atoms with Crippen LogP contribution in [0.4, 0.5) is 0 Å². The van der Waals surface area contributed by atoms with Gasteiger partial charge in [0.1, 0.15) is 6.04 Å². The molecule has 8 heteroatoms. The molecule has 0 saturated heterocycles. The Balaban J connectivity index is 1.83. The number of carbonyl (C=O) groups excluding carboxylic acids is 1. The molecule has 5 rings (SSSR count). The van der Waals surface area contributed by atoms with Gasteiger partial charge in [0.05, 0.1) is 22.4 Å². The highest BCUT2D eigenvalue weighted by Crippen LogP contribution is 2.36. The predicted molar refractivity (Wildman–Crippen MR) is 137 cm³/mol.